The molecule has 2 N–H and O–H groups in total. The molecule has 2 aromatic rings. The molecule has 0 aliphatic rings. The van der Waals surface area contributed by atoms with Crippen LogP contribution in [-0.2, 0) is 14.6 Å². The van der Waals surface area contributed by atoms with E-state index in [1.54, 1.807) is 19.2 Å². The molecule has 8 nitrogen and oxygen atoms in total. The number of carboxylic acids is 1. The maximum Gasteiger partial charge on any atom is 0.339 e. The van der Waals surface area contributed by atoms with Gasteiger partial charge in [-0.1, -0.05) is 6.07 Å². The average molecular weight is 410 g/mol. The minimum absolute atomic E-state index is 0.00476. The topological polar surface area (TPSA) is 119 Å². The molecule has 0 atom stereocenters. The third-order valence-corrected chi connectivity index (χ3v) is 5.60. The molecule has 0 aliphatic heterocycles. The van der Waals surface area contributed by atoms with Crippen molar-refractivity contribution in [2.75, 3.05) is 32.7 Å². The summed E-state index contributed by atoms with van der Waals surface area (Å²) in [4.78, 5) is 11.1. The first kappa shape index (κ1) is 21.5. The third-order valence-electron chi connectivity index (χ3n) is 3.78. The van der Waals surface area contributed by atoms with Crippen LogP contribution in [0.5, 0.6) is 17.2 Å². The van der Waals surface area contributed by atoms with Gasteiger partial charge in [-0.2, -0.15) is 0 Å². The van der Waals surface area contributed by atoms with Crippen molar-refractivity contribution in [3.63, 3.8) is 0 Å². The van der Waals surface area contributed by atoms with Crippen molar-refractivity contribution in [2.45, 2.75) is 11.3 Å². The Bertz CT molecular complexity index is 891. The fourth-order valence-electron chi connectivity index (χ4n) is 2.35. The number of methoxy groups -OCH3 is 1. The summed E-state index contributed by atoms with van der Waals surface area (Å²) in [6, 6.07) is 10.2. The first-order valence-electron chi connectivity index (χ1n) is 8.48. The van der Waals surface area contributed by atoms with Crippen molar-refractivity contribution in [1.29, 1.82) is 0 Å². The summed E-state index contributed by atoms with van der Waals surface area (Å²) in [7, 11) is -1.94. The van der Waals surface area contributed by atoms with E-state index in [1.807, 2.05) is 0 Å². The third kappa shape index (κ3) is 5.86. The summed E-state index contributed by atoms with van der Waals surface area (Å²) in [5, 5.41) is 18.8. The van der Waals surface area contributed by atoms with Gasteiger partial charge < -0.3 is 24.4 Å². The van der Waals surface area contributed by atoms with Crippen LogP contribution in [0.15, 0.2) is 47.4 Å². The van der Waals surface area contributed by atoms with Gasteiger partial charge in [-0.25, -0.2) is 13.2 Å². The zero-order valence-corrected chi connectivity index (χ0v) is 16.1. The molecule has 0 fully saturated rings. The number of sulfone groups is 1. The first-order valence-corrected chi connectivity index (χ1v) is 10.1. The maximum atomic E-state index is 12.4. The van der Waals surface area contributed by atoms with Crippen LogP contribution in [0.3, 0.4) is 0 Å². The molecule has 0 saturated carbocycles. The van der Waals surface area contributed by atoms with Gasteiger partial charge in [0.05, 0.1) is 23.9 Å². The second-order valence-electron chi connectivity index (χ2n) is 5.79. The van der Waals surface area contributed by atoms with Crippen LogP contribution in [-0.4, -0.2) is 57.3 Å². The quantitative estimate of drug-likeness (QED) is 0.542. The van der Waals surface area contributed by atoms with Crippen LogP contribution in [0, 0.1) is 0 Å². The summed E-state index contributed by atoms with van der Waals surface area (Å²) in [6.45, 7) is 0.814. The summed E-state index contributed by atoms with van der Waals surface area (Å²) in [6.07, 6.45) is 0.172. The fraction of sp³-hybridized carbons (Fsp3) is 0.316. The number of carbonyl (C=O) groups is 1. The van der Waals surface area contributed by atoms with Gasteiger partial charge in [-0.15, -0.1) is 0 Å². The molecule has 0 bridgehead atoms. The zero-order valence-electron chi connectivity index (χ0n) is 15.3. The molecule has 0 aliphatic carbocycles. The minimum atomic E-state index is -3.51. The number of ether oxygens (including phenoxy) is 3. The second kappa shape index (κ2) is 9.95. The van der Waals surface area contributed by atoms with Gasteiger partial charge in [0, 0.05) is 7.11 Å². The van der Waals surface area contributed by atoms with Crippen molar-refractivity contribution in [3.05, 3.63) is 48.0 Å². The van der Waals surface area contributed by atoms with E-state index in [1.165, 1.54) is 30.3 Å². The zero-order chi connectivity index (χ0) is 20.6. The monoisotopic (exact) mass is 410 g/mol. The van der Waals surface area contributed by atoms with E-state index in [0.29, 0.717) is 19.0 Å². The van der Waals surface area contributed by atoms with E-state index in [-0.39, 0.29) is 35.0 Å². The summed E-state index contributed by atoms with van der Waals surface area (Å²) in [5.74, 6) is -1.37. The maximum absolute atomic E-state index is 12.4. The van der Waals surface area contributed by atoms with Gasteiger partial charge in [0.1, 0.15) is 17.9 Å². The van der Waals surface area contributed by atoms with E-state index in [0.717, 1.165) is 0 Å². The number of aromatic carboxylic acids is 1. The number of phenols is 1. The number of aromatic hydroxyl groups is 1. The lowest BCUT2D eigenvalue weighted by Gasteiger charge is -2.10. The van der Waals surface area contributed by atoms with Gasteiger partial charge in [0.25, 0.3) is 0 Å². The minimum Gasteiger partial charge on any atom is -0.504 e. The molecular weight excluding hydrogens is 388 g/mol. The van der Waals surface area contributed by atoms with Crippen molar-refractivity contribution < 1.29 is 37.6 Å². The van der Waals surface area contributed by atoms with Crippen molar-refractivity contribution in [1.82, 2.24) is 0 Å². The Morgan fingerprint density at radius 3 is 2.36 bits per heavy atom. The van der Waals surface area contributed by atoms with Gasteiger partial charge >= 0.3 is 5.97 Å². The van der Waals surface area contributed by atoms with Gasteiger partial charge in [0.15, 0.2) is 21.3 Å². The second-order valence-corrected chi connectivity index (χ2v) is 7.90. The van der Waals surface area contributed by atoms with E-state index in [4.69, 9.17) is 19.3 Å². The lowest BCUT2D eigenvalue weighted by molar-refractivity contribution is 0.0692. The number of hydrogen-bond acceptors (Lipinski definition) is 7. The van der Waals surface area contributed by atoms with E-state index >= 15 is 0 Å². The van der Waals surface area contributed by atoms with Crippen LogP contribution in [0.25, 0.3) is 0 Å². The predicted octanol–water partition coefficient (Wildman–Crippen LogP) is 2.36. The Hall–Kier alpha value is -2.78. The molecule has 2 rings (SSSR count). The Morgan fingerprint density at radius 1 is 1.00 bits per heavy atom. The molecular formula is C19H22O8S. The highest BCUT2D eigenvalue weighted by Crippen LogP contribution is 2.29. The molecule has 9 heteroatoms. The molecule has 0 saturated heterocycles. The number of rotatable bonds is 11. The van der Waals surface area contributed by atoms with Crippen LogP contribution in [0.2, 0.25) is 0 Å². The molecule has 2 aromatic carbocycles. The van der Waals surface area contributed by atoms with Gasteiger partial charge in [0.2, 0.25) is 0 Å². The highest BCUT2D eigenvalue weighted by molar-refractivity contribution is 7.91. The Balaban J connectivity index is 1.88. The SMILES string of the molecule is COCCOc1ccc(S(=O)(=O)CCCOc2cccc(C(=O)O)c2O)cc1. The van der Waals surface area contributed by atoms with Crippen molar-refractivity contribution in [2.24, 2.45) is 0 Å². The lowest BCUT2D eigenvalue weighted by atomic mass is 10.2. The van der Waals surface area contributed by atoms with Crippen LogP contribution < -0.4 is 9.47 Å². The Labute approximate surface area is 163 Å². The summed E-state index contributed by atoms with van der Waals surface area (Å²) < 4.78 is 40.4. The highest BCUT2D eigenvalue weighted by atomic mass is 32.2. The Morgan fingerprint density at radius 2 is 1.71 bits per heavy atom. The van der Waals surface area contributed by atoms with Crippen LogP contribution in [0.4, 0.5) is 0 Å². The molecule has 0 amide bonds. The number of carboxylic acid groups (broad SMARTS) is 1. The first-order chi connectivity index (χ1) is 13.3. The molecule has 0 unspecified atom stereocenters. The number of hydrogen-bond donors (Lipinski definition) is 2. The standard InChI is InChI=1S/C19H22O8S/c1-25-11-12-26-14-6-8-15(9-7-14)28(23,24)13-3-10-27-17-5-2-4-16(18(17)20)19(21)22/h2,4-9,20H,3,10-13H2,1H3,(H,21,22). The number of benzene rings is 2. The highest BCUT2D eigenvalue weighted by Gasteiger charge is 2.16. The van der Waals surface area contributed by atoms with Gasteiger partial charge in [-0.05, 0) is 42.8 Å². The van der Waals surface area contributed by atoms with E-state index < -0.39 is 21.6 Å². The van der Waals surface area contributed by atoms with Crippen molar-refractivity contribution >= 4 is 15.8 Å². The molecule has 152 valence electrons. The van der Waals surface area contributed by atoms with Crippen molar-refractivity contribution in [3.8, 4) is 17.2 Å². The molecule has 0 radical (unpaired) electrons. The molecule has 0 heterocycles. The van der Waals surface area contributed by atoms with E-state index in [9.17, 15) is 18.3 Å². The van der Waals surface area contributed by atoms with E-state index in [2.05, 4.69) is 0 Å². The lowest BCUT2D eigenvalue weighted by Crippen LogP contribution is -2.11. The molecule has 0 aromatic heterocycles. The number of para-hydroxylation sites is 1. The largest absolute Gasteiger partial charge is 0.504 e. The molecule has 0 spiro atoms. The summed E-state index contributed by atoms with van der Waals surface area (Å²) in [5.41, 5.74) is -0.280. The van der Waals surface area contributed by atoms with Crippen LogP contribution >= 0.6 is 0 Å². The molecule has 28 heavy (non-hydrogen) atoms. The normalized spacial score (nSPS) is 11.2. The van der Waals surface area contributed by atoms with Crippen LogP contribution in [0.1, 0.15) is 16.8 Å². The van der Waals surface area contributed by atoms with Gasteiger partial charge in [-0.3, -0.25) is 0 Å². The predicted molar refractivity (Wildman–Crippen MR) is 101 cm³/mol. The smallest absolute Gasteiger partial charge is 0.339 e. The average Bonchev–Trinajstić information content (AvgIpc) is 2.67. The summed E-state index contributed by atoms with van der Waals surface area (Å²) >= 11 is 0. The Kier molecular flexibility index (Phi) is 7.65. The fourth-order valence-corrected chi connectivity index (χ4v) is 3.63.